The molecule has 10 rings (SSSR count). The van der Waals surface area contributed by atoms with Crippen molar-refractivity contribution in [2.24, 2.45) is 0 Å². The summed E-state index contributed by atoms with van der Waals surface area (Å²) in [5.74, 6) is 0. The van der Waals surface area contributed by atoms with E-state index in [2.05, 4.69) is 173 Å². The van der Waals surface area contributed by atoms with Crippen LogP contribution in [0.25, 0.3) is 77.8 Å². The van der Waals surface area contributed by atoms with Gasteiger partial charge < -0.3 is 4.57 Å². The minimum atomic E-state index is 0.921. The highest BCUT2D eigenvalue weighted by molar-refractivity contribution is 6.23. The van der Waals surface area contributed by atoms with Crippen LogP contribution in [0.4, 0.5) is 0 Å². The highest BCUT2D eigenvalue weighted by atomic mass is 15.6. The first-order valence-electron chi connectivity index (χ1n) is 16.7. The second-order valence-electron chi connectivity index (χ2n) is 12.8. The van der Waals surface area contributed by atoms with Crippen molar-refractivity contribution in [1.82, 2.24) is 19.1 Å². The van der Waals surface area contributed by atoms with Crippen molar-refractivity contribution in [1.29, 1.82) is 0 Å². The summed E-state index contributed by atoms with van der Waals surface area (Å²) in [6.07, 6.45) is 6.48. The minimum Gasteiger partial charge on any atom is -0.307 e. The van der Waals surface area contributed by atoms with E-state index in [9.17, 15) is 0 Å². The first-order valence-corrected chi connectivity index (χ1v) is 16.7. The Morgan fingerprint density at radius 1 is 0.542 bits per heavy atom. The Labute approximate surface area is 278 Å². The molecule has 1 aliphatic carbocycles. The fraction of sp³-hybridized carbons (Fsp3) is 0.0682. The zero-order valence-electron chi connectivity index (χ0n) is 26.6. The molecule has 0 aliphatic heterocycles. The van der Waals surface area contributed by atoms with Crippen molar-refractivity contribution in [2.75, 3.05) is 0 Å². The molecule has 0 fully saturated rings. The molecule has 0 bridgehead atoms. The van der Waals surface area contributed by atoms with E-state index < -0.39 is 0 Å². The molecule has 3 aromatic heterocycles. The first-order chi connectivity index (χ1) is 23.8. The fourth-order valence-electron chi connectivity index (χ4n) is 7.85. The molecule has 6 aromatic carbocycles. The molecule has 0 saturated heterocycles. The molecule has 0 radical (unpaired) electrons. The molecule has 0 amide bonds. The number of benzene rings is 6. The summed E-state index contributed by atoms with van der Waals surface area (Å²) in [5.41, 5.74) is 14.1. The van der Waals surface area contributed by atoms with E-state index in [0.717, 1.165) is 40.8 Å². The molecular weight excluding hydrogens is 585 g/mol. The maximum atomic E-state index is 5.45. The third kappa shape index (κ3) is 3.86. The highest BCUT2D eigenvalue weighted by Crippen LogP contribution is 2.42. The average Bonchev–Trinajstić information content (AvgIpc) is 3.80. The Kier molecular flexibility index (Phi) is 5.88. The van der Waals surface area contributed by atoms with Gasteiger partial charge in [0.1, 0.15) is 5.69 Å². The normalized spacial score (nSPS) is 12.9. The number of rotatable bonds is 4. The largest absolute Gasteiger partial charge is 0.307 e. The number of hydrogen-bond acceptors (Lipinski definition) is 1. The molecule has 0 spiro atoms. The van der Waals surface area contributed by atoms with Crippen LogP contribution in [-0.2, 0) is 6.42 Å². The van der Waals surface area contributed by atoms with E-state index >= 15 is 0 Å². The SMILES string of the molecule is Cc1ccccc1-n1c2ccccc2c2ccc3c4ccccc4n(-n4nc5c(c4-c4ccc(-c6ccccc6)cc4)C=CCC5)c3c21. The summed E-state index contributed by atoms with van der Waals surface area (Å²) in [4.78, 5) is 2.20. The molecular formula is C44H32N4. The summed E-state index contributed by atoms with van der Waals surface area (Å²) in [7, 11) is 0. The number of aromatic nitrogens is 4. The third-order valence-electron chi connectivity index (χ3n) is 10.1. The maximum absolute atomic E-state index is 5.45. The number of nitrogens with zero attached hydrogens (tertiary/aromatic N) is 4. The van der Waals surface area contributed by atoms with Gasteiger partial charge in [0.2, 0.25) is 0 Å². The molecule has 3 heterocycles. The van der Waals surface area contributed by atoms with Gasteiger partial charge in [-0.05, 0) is 54.7 Å². The molecule has 0 unspecified atom stereocenters. The zero-order valence-corrected chi connectivity index (χ0v) is 26.6. The Morgan fingerprint density at radius 2 is 1.17 bits per heavy atom. The summed E-state index contributed by atoms with van der Waals surface area (Å²) in [6.45, 7) is 2.21. The monoisotopic (exact) mass is 616 g/mol. The van der Waals surface area contributed by atoms with Crippen LogP contribution in [0.5, 0.6) is 0 Å². The van der Waals surface area contributed by atoms with Crippen LogP contribution in [0, 0.1) is 6.92 Å². The van der Waals surface area contributed by atoms with Crippen LogP contribution >= 0.6 is 0 Å². The summed E-state index contributed by atoms with van der Waals surface area (Å²) < 4.78 is 4.85. The van der Waals surface area contributed by atoms with Gasteiger partial charge in [0, 0.05) is 38.4 Å². The second kappa shape index (κ2) is 10.4. The quantitative estimate of drug-likeness (QED) is 0.193. The van der Waals surface area contributed by atoms with E-state index in [1.807, 2.05) is 0 Å². The Bertz CT molecular complexity index is 2720. The molecule has 228 valence electrons. The van der Waals surface area contributed by atoms with Gasteiger partial charge in [-0.25, -0.2) is 4.68 Å². The standard InChI is InChI=1S/C44H32N4/c1-29-13-5-10-20-39(29)46-40-21-11-7-16-33(40)35-27-28-36-34-17-8-12-22-41(34)47(44(36)43(35)46)48-42(37-18-6-9-19-38(37)45-48)32-25-23-31(24-26-32)30-14-3-2-4-15-30/h2-8,10-18,20-28H,9,19H2,1H3. The second-order valence-corrected chi connectivity index (χ2v) is 12.8. The Hall–Kier alpha value is -6.13. The molecule has 0 atom stereocenters. The Morgan fingerprint density at radius 3 is 1.96 bits per heavy atom. The lowest BCUT2D eigenvalue weighted by Gasteiger charge is -2.16. The van der Waals surface area contributed by atoms with Gasteiger partial charge in [-0.15, -0.1) is 0 Å². The zero-order chi connectivity index (χ0) is 31.8. The Balaban J connectivity index is 1.35. The van der Waals surface area contributed by atoms with Crippen LogP contribution in [-0.4, -0.2) is 19.1 Å². The third-order valence-corrected chi connectivity index (χ3v) is 10.1. The number of fused-ring (bicyclic) bond motifs is 8. The van der Waals surface area contributed by atoms with Gasteiger partial charge in [-0.1, -0.05) is 133 Å². The predicted octanol–water partition coefficient (Wildman–Crippen LogP) is 11.0. The van der Waals surface area contributed by atoms with E-state index in [1.54, 1.807) is 0 Å². The van der Waals surface area contributed by atoms with E-state index in [1.165, 1.54) is 60.5 Å². The molecule has 48 heavy (non-hydrogen) atoms. The van der Waals surface area contributed by atoms with E-state index in [0.29, 0.717) is 0 Å². The maximum Gasteiger partial charge on any atom is 0.100 e. The van der Waals surface area contributed by atoms with Gasteiger partial charge in [0.15, 0.2) is 0 Å². The summed E-state index contributed by atoms with van der Waals surface area (Å²) >= 11 is 0. The van der Waals surface area contributed by atoms with Crippen molar-refractivity contribution < 1.29 is 0 Å². The molecule has 0 N–H and O–H groups in total. The van der Waals surface area contributed by atoms with Crippen LogP contribution in [0.2, 0.25) is 0 Å². The summed E-state index contributed by atoms with van der Waals surface area (Å²) in [6, 6.07) is 50.5. The topological polar surface area (TPSA) is 27.7 Å². The molecule has 4 heteroatoms. The average molecular weight is 617 g/mol. The minimum absolute atomic E-state index is 0.921. The van der Waals surface area contributed by atoms with E-state index in [-0.39, 0.29) is 0 Å². The number of para-hydroxylation sites is 3. The number of aryl methyl sites for hydroxylation is 2. The molecule has 4 nitrogen and oxygen atoms in total. The van der Waals surface area contributed by atoms with Crippen LogP contribution < -0.4 is 0 Å². The molecule has 1 aliphatic rings. The molecule has 9 aromatic rings. The van der Waals surface area contributed by atoms with Crippen molar-refractivity contribution in [2.45, 2.75) is 19.8 Å². The number of hydrogen-bond donors (Lipinski definition) is 0. The lowest BCUT2D eigenvalue weighted by atomic mass is 9.97. The van der Waals surface area contributed by atoms with Crippen LogP contribution in [0.3, 0.4) is 0 Å². The van der Waals surface area contributed by atoms with Gasteiger partial charge in [-0.2, -0.15) is 9.89 Å². The van der Waals surface area contributed by atoms with Crippen molar-refractivity contribution in [3.8, 4) is 28.1 Å². The van der Waals surface area contributed by atoms with Gasteiger partial charge in [0.25, 0.3) is 0 Å². The fourth-order valence-corrected chi connectivity index (χ4v) is 7.85. The predicted molar refractivity (Wildman–Crippen MR) is 200 cm³/mol. The van der Waals surface area contributed by atoms with Crippen molar-refractivity contribution >= 4 is 49.7 Å². The van der Waals surface area contributed by atoms with Crippen LogP contribution in [0.1, 0.15) is 23.2 Å². The first kappa shape index (κ1) is 27.0. The highest BCUT2D eigenvalue weighted by Gasteiger charge is 2.26. The van der Waals surface area contributed by atoms with Crippen molar-refractivity contribution in [3.05, 3.63) is 162 Å². The van der Waals surface area contributed by atoms with Gasteiger partial charge in [-0.3, -0.25) is 0 Å². The smallest absolute Gasteiger partial charge is 0.100 e. The van der Waals surface area contributed by atoms with Gasteiger partial charge >= 0.3 is 0 Å². The summed E-state index contributed by atoms with van der Waals surface area (Å²) in [5, 5.41) is 10.4. The number of allylic oxidation sites excluding steroid dienone is 1. The van der Waals surface area contributed by atoms with Crippen LogP contribution in [0.15, 0.2) is 146 Å². The van der Waals surface area contributed by atoms with E-state index in [4.69, 9.17) is 5.10 Å². The van der Waals surface area contributed by atoms with Crippen molar-refractivity contribution in [3.63, 3.8) is 0 Å². The lowest BCUT2D eigenvalue weighted by Crippen LogP contribution is -2.13. The lowest BCUT2D eigenvalue weighted by molar-refractivity contribution is 0.611. The molecule has 0 saturated carbocycles. The van der Waals surface area contributed by atoms with Gasteiger partial charge in [0.05, 0.1) is 27.8 Å².